The third-order valence-corrected chi connectivity index (χ3v) is 6.34. The van der Waals surface area contributed by atoms with Crippen molar-refractivity contribution in [3.63, 3.8) is 0 Å². The molecule has 1 aliphatic heterocycles. The van der Waals surface area contributed by atoms with Crippen molar-refractivity contribution < 1.29 is 0 Å². The molecule has 0 amide bonds. The van der Waals surface area contributed by atoms with E-state index in [4.69, 9.17) is 10.1 Å². The molecule has 0 spiro atoms. The van der Waals surface area contributed by atoms with Crippen LogP contribution >= 0.6 is 11.3 Å². The molecule has 1 aliphatic carbocycles. The number of hydrogen-bond donors (Lipinski definition) is 0. The van der Waals surface area contributed by atoms with Gasteiger partial charge in [-0.1, -0.05) is 18.2 Å². The van der Waals surface area contributed by atoms with Gasteiger partial charge in [0, 0.05) is 17.8 Å². The molecule has 0 N–H and O–H groups in total. The Morgan fingerprint density at radius 2 is 2.04 bits per heavy atom. The van der Waals surface area contributed by atoms with Crippen molar-refractivity contribution >= 4 is 27.3 Å². The predicted octanol–water partition coefficient (Wildman–Crippen LogP) is 3.21. The monoisotopic (exact) mass is 377 g/mol. The van der Waals surface area contributed by atoms with Crippen molar-refractivity contribution in [3.05, 3.63) is 63.2 Å². The minimum atomic E-state index is -0.0591. The molecule has 0 fully saturated rings. The third-order valence-electron chi connectivity index (χ3n) is 5.35. The van der Waals surface area contributed by atoms with E-state index in [0.717, 1.165) is 21.7 Å². The molecule has 2 unspecified atom stereocenters. The van der Waals surface area contributed by atoms with E-state index in [0.29, 0.717) is 29.5 Å². The Balaban J connectivity index is 1.71. The van der Waals surface area contributed by atoms with Crippen LogP contribution in [0.15, 0.2) is 45.8 Å². The highest BCUT2D eigenvalue weighted by Gasteiger charge is 2.37. The molecule has 2 aliphatic rings. The lowest BCUT2D eigenvalue weighted by Gasteiger charge is -2.29. The van der Waals surface area contributed by atoms with E-state index >= 15 is 0 Å². The highest BCUT2D eigenvalue weighted by Crippen LogP contribution is 2.33. The van der Waals surface area contributed by atoms with Crippen LogP contribution in [0.4, 0.5) is 0 Å². The second-order valence-corrected chi connectivity index (χ2v) is 8.01. The first-order valence-electron chi connectivity index (χ1n) is 8.96. The van der Waals surface area contributed by atoms with E-state index in [1.807, 2.05) is 36.4 Å². The second-order valence-electron chi connectivity index (χ2n) is 7.15. The van der Waals surface area contributed by atoms with Gasteiger partial charge in [0.05, 0.1) is 18.0 Å². The molecule has 4 heterocycles. The normalized spacial score (nSPS) is 20.7. The summed E-state index contributed by atoms with van der Waals surface area (Å²) in [6.07, 6.45) is 6.05. The molecule has 136 valence electrons. The summed E-state index contributed by atoms with van der Waals surface area (Å²) in [7, 11) is 0. The van der Waals surface area contributed by atoms with Crippen LogP contribution in [0.5, 0.6) is 0 Å². The quantitative estimate of drug-likeness (QED) is 0.658. The number of pyridine rings is 1. The molecule has 3 aromatic heterocycles. The first kappa shape index (κ1) is 16.4. The van der Waals surface area contributed by atoms with Crippen LogP contribution in [0.1, 0.15) is 23.9 Å². The maximum atomic E-state index is 13.4. The standard InChI is InChI=1S/C20H19N5OS/c1-11-5-4-8-21-18(11)25-16(9-24-15-7-6-14(15)13(3)23-24)22-19-17(20(25)26)12(2)10-27-19/h4-8,10,14-15H,9H2,1-3H3. The Hall–Kier alpha value is -2.80. The minimum Gasteiger partial charge on any atom is -0.282 e. The molecule has 0 aromatic carbocycles. The zero-order valence-electron chi connectivity index (χ0n) is 15.4. The minimum absolute atomic E-state index is 0.0591. The lowest BCUT2D eigenvalue weighted by atomic mass is 9.86. The molecule has 2 atom stereocenters. The van der Waals surface area contributed by atoms with Crippen LogP contribution in [0, 0.1) is 19.8 Å². The fourth-order valence-electron chi connectivity index (χ4n) is 3.82. The van der Waals surface area contributed by atoms with Crippen molar-refractivity contribution in [1.29, 1.82) is 0 Å². The van der Waals surface area contributed by atoms with Crippen molar-refractivity contribution in [2.45, 2.75) is 33.4 Å². The Labute approximate surface area is 160 Å². The van der Waals surface area contributed by atoms with Crippen molar-refractivity contribution in [1.82, 2.24) is 19.5 Å². The number of hydrogen-bond acceptors (Lipinski definition) is 6. The Morgan fingerprint density at radius 3 is 2.74 bits per heavy atom. The average molecular weight is 377 g/mol. The smallest absolute Gasteiger partial charge is 0.268 e. The second kappa shape index (κ2) is 5.85. The van der Waals surface area contributed by atoms with Crippen LogP contribution < -0.4 is 5.56 Å². The Bertz CT molecular complexity index is 1190. The van der Waals surface area contributed by atoms with E-state index in [-0.39, 0.29) is 11.6 Å². The van der Waals surface area contributed by atoms with Crippen molar-refractivity contribution in [2.75, 3.05) is 0 Å². The summed E-state index contributed by atoms with van der Waals surface area (Å²) < 4.78 is 1.66. The predicted molar refractivity (Wildman–Crippen MR) is 108 cm³/mol. The van der Waals surface area contributed by atoms with Gasteiger partial charge in [0.25, 0.3) is 5.56 Å². The summed E-state index contributed by atoms with van der Waals surface area (Å²) in [6.45, 7) is 6.44. The fourth-order valence-corrected chi connectivity index (χ4v) is 4.75. The number of fused-ring (bicyclic) bond motifs is 2. The van der Waals surface area contributed by atoms with E-state index < -0.39 is 0 Å². The highest BCUT2D eigenvalue weighted by atomic mass is 32.1. The van der Waals surface area contributed by atoms with Gasteiger partial charge in [-0.2, -0.15) is 5.10 Å². The Kier molecular flexibility index (Phi) is 3.55. The summed E-state index contributed by atoms with van der Waals surface area (Å²) in [5, 5.41) is 9.39. The molecule has 0 radical (unpaired) electrons. The summed E-state index contributed by atoms with van der Waals surface area (Å²) in [6, 6.07) is 4.11. The maximum absolute atomic E-state index is 13.4. The van der Waals surface area contributed by atoms with Crippen LogP contribution in [0.25, 0.3) is 16.0 Å². The van der Waals surface area contributed by atoms with Crippen molar-refractivity contribution in [2.24, 2.45) is 11.0 Å². The van der Waals surface area contributed by atoms with Crippen LogP contribution in [0.3, 0.4) is 0 Å². The van der Waals surface area contributed by atoms with Gasteiger partial charge >= 0.3 is 0 Å². The van der Waals surface area contributed by atoms with E-state index in [9.17, 15) is 4.79 Å². The van der Waals surface area contributed by atoms with E-state index in [2.05, 4.69) is 24.1 Å². The molecule has 0 bridgehead atoms. The largest absolute Gasteiger partial charge is 0.282 e. The molecule has 0 saturated heterocycles. The van der Waals surface area contributed by atoms with E-state index in [1.54, 1.807) is 10.8 Å². The number of rotatable bonds is 3. The zero-order valence-corrected chi connectivity index (χ0v) is 16.2. The van der Waals surface area contributed by atoms with Crippen LogP contribution in [0.2, 0.25) is 0 Å². The zero-order chi connectivity index (χ0) is 18.7. The lowest BCUT2D eigenvalue weighted by molar-refractivity contribution is 0.220. The van der Waals surface area contributed by atoms with Gasteiger partial charge in [-0.3, -0.25) is 9.80 Å². The molecule has 7 heteroatoms. The van der Waals surface area contributed by atoms with Gasteiger partial charge in [0.15, 0.2) is 0 Å². The molecular weight excluding hydrogens is 358 g/mol. The number of thiophene rings is 1. The molecule has 3 aromatic rings. The first-order valence-corrected chi connectivity index (χ1v) is 9.84. The van der Waals surface area contributed by atoms with Gasteiger partial charge in [0.2, 0.25) is 0 Å². The Morgan fingerprint density at radius 1 is 1.19 bits per heavy atom. The summed E-state index contributed by atoms with van der Waals surface area (Å²) in [4.78, 5) is 23.5. The molecular formula is C20H19N5OS. The molecule has 6 nitrogen and oxygen atoms in total. The maximum Gasteiger partial charge on any atom is 0.268 e. The van der Waals surface area contributed by atoms with Crippen molar-refractivity contribution in [3.8, 4) is 5.82 Å². The van der Waals surface area contributed by atoms with Gasteiger partial charge in [0.1, 0.15) is 16.5 Å². The lowest BCUT2D eigenvalue weighted by Crippen LogP contribution is -2.37. The third kappa shape index (κ3) is 2.38. The van der Waals surface area contributed by atoms with Crippen LogP contribution in [-0.2, 0) is 6.54 Å². The molecule has 5 rings (SSSR count). The summed E-state index contributed by atoms with van der Waals surface area (Å²) in [5.41, 5.74) is 2.95. The fraction of sp³-hybridized carbons (Fsp3) is 0.300. The van der Waals surface area contributed by atoms with Crippen LogP contribution in [-0.4, -0.2) is 31.3 Å². The van der Waals surface area contributed by atoms with Gasteiger partial charge in [-0.25, -0.2) is 14.5 Å². The van der Waals surface area contributed by atoms with Gasteiger partial charge in [-0.15, -0.1) is 11.3 Å². The highest BCUT2D eigenvalue weighted by molar-refractivity contribution is 7.16. The van der Waals surface area contributed by atoms with E-state index in [1.165, 1.54) is 11.3 Å². The number of hydrazone groups is 1. The number of aryl methyl sites for hydroxylation is 2. The summed E-state index contributed by atoms with van der Waals surface area (Å²) in [5.74, 6) is 1.70. The molecule has 27 heavy (non-hydrogen) atoms. The van der Waals surface area contributed by atoms with Gasteiger partial charge in [-0.05, 0) is 43.3 Å². The average Bonchev–Trinajstić information content (AvgIpc) is 3.05. The first-order chi connectivity index (χ1) is 13.0. The number of nitrogens with zero attached hydrogens (tertiary/aromatic N) is 5. The topological polar surface area (TPSA) is 63.4 Å². The van der Waals surface area contributed by atoms with Gasteiger partial charge < -0.3 is 0 Å². The molecule has 0 saturated carbocycles. The summed E-state index contributed by atoms with van der Waals surface area (Å²) >= 11 is 1.51. The number of aromatic nitrogens is 3. The SMILES string of the molecule is CC1=NN(Cc2nc3scc(C)c3c(=O)n2-c2ncccc2C)C2C=CC12.